The maximum Gasteiger partial charge on any atom is 0.337 e. The normalized spacial score (nSPS) is 23.2. The van der Waals surface area contributed by atoms with Gasteiger partial charge in [-0.3, -0.25) is 0 Å². The average molecular weight is 186 g/mol. The molecule has 1 aliphatic heterocycles. The Morgan fingerprint density at radius 1 is 1.17 bits per heavy atom. The summed E-state index contributed by atoms with van der Waals surface area (Å²) in [4.78, 5) is 0. The highest BCUT2D eigenvalue weighted by atomic mass is 28.4. The van der Waals surface area contributed by atoms with Crippen molar-refractivity contribution < 1.29 is 8.85 Å². The fraction of sp³-hybridized carbons (Fsp3) is 0.778. The standard InChI is InChI=1S/C9H18O2Si/c1-3-12(4-2)10-8-6-5-7-9-11-12/h5-6H,3-4,7-9H2,1-2H3. The SMILES string of the molecule is CC[Si]1(CC)OCC=CCCO1. The van der Waals surface area contributed by atoms with Crippen molar-refractivity contribution in [3.05, 3.63) is 12.2 Å². The number of hydrogen-bond acceptors (Lipinski definition) is 2. The first-order valence-electron chi connectivity index (χ1n) is 4.76. The van der Waals surface area contributed by atoms with E-state index in [9.17, 15) is 0 Å². The van der Waals surface area contributed by atoms with Crippen LogP contribution in [0.15, 0.2) is 12.2 Å². The van der Waals surface area contributed by atoms with Gasteiger partial charge < -0.3 is 8.85 Å². The highest BCUT2D eigenvalue weighted by Gasteiger charge is 2.33. The number of rotatable bonds is 2. The molecule has 3 heteroatoms. The van der Waals surface area contributed by atoms with Gasteiger partial charge in [-0.25, -0.2) is 0 Å². The predicted octanol–water partition coefficient (Wildman–Crippen LogP) is 2.46. The van der Waals surface area contributed by atoms with Crippen molar-refractivity contribution in [2.45, 2.75) is 32.4 Å². The van der Waals surface area contributed by atoms with Crippen LogP contribution < -0.4 is 0 Å². The predicted molar refractivity (Wildman–Crippen MR) is 52.4 cm³/mol. The first-order valence-corrected chi connectivity index (χ1v) is 6.99. The zero-order valence-electron chi connectivity index (χ0n) is 8.01. The lowest BCUT2D eigenvalue weighted by molar-refractivity contribution is 0.182. The van der Waals surface area contributed by atoms with E-state index in [2.05, 4.69) is 26.0 Å². The van der Waals surface area contributed by atoms with Crippen LogP contribution in [0, 0.1) is 0 Å². The summed E-state index contributed by atoms with van der Waals surface area (Å²) in [6.45, 7) is 5.92. The van der Waals surface area contributed by atoms with Crippen LogP contribution in [0.1, 0.15) is 20.3 Å². The van der Waals surface area contributed by atoms with Gasteiger partial charge in [0.2, 0.25) is 0 Å². The molecule has 0 bridgehead atoms. The molecule has 0 saturated heterocycles. The Morgan fingerprint density at radius 3 is 2.58 bits per heavy atom. The molecule has 1 rings (SSSR count). The van der Waals surface area contributed by atoms with Crippen molar-refractivity contribution in [2.24, 2.45) is 0 Å². The van der Waals surface area contributed by atoms with Gasteiger partial charge in [-0.1, -0.05) is 26.0 Å². The maximum atomic E-state index is 5.83. The molecule has 0 unspecified atom stereocenters. The smallest absolute Gasteiger partial charge is 0.337 e. The van der Waals surface area contributed by atoms with Crippen LogP contribution >= 0.6 is 0 Å². The largest absolute Gasteiger partial charge is 0.394 e. The van der Waals surface area contributed by atoms with E-state index in [-0.39, 0.29) is 0 Å². The molecule has 0 aromatic rings. The van der Waals surface area contributed by atoms with Gasteiger partial charge in [-0.05, 0) is 18.5 Å². The fourth-order valence-electron chi connectivity index (χ4n) is 1.40. The van der Waals surface area contributed by atoms with Gasteiger partial charge in [-0.2, -0.15) is 0 Å². The van der Waals surface area contributed by atoms with E-state index in [0.29, 0.717) is 0 Å². The van der Waals surface area contributed by atoms with Gasteiger partial charge in [0.15, 0.2) is 0 Å². The summed E-state index contributed by atoms with van der Waals surface area (Å²) in [5.41, 5.74) is 0. The maximum absolute atomic E-state index is 5.83. The molecule has 0 spiro atoms. The first kappa shape index (κ1) is 9.96. The van der Waals surface area contributed by atoms with Crippen LogP contribution in [0.3, 0.4) is 0 Å². The summed E-state index contributed by atoms with van der Waals surface area (Å²) >= 11 is 0. The van der Waals surface area contributed by atoms with Crippen molar-refractivity contribution in [3.8, 4) is 0 Å². The molecule has 0 aromatic carbocycles. The average Bonchev–Trinajstić information content (AvgIpc) is 2.06. The van der Waals surface area contributed by atoms with Crippen molar-refractivity contribution in [2.75, 3.05) is 13.2 Å². The van der Waals surface area contributed by atoms with Crippen molar-refractivity contribution in [1.29, 1.82) is 0 Å². The second-order valence-corrected chi connectivity index (χ2v) is 6.85. The Labute approximate surface area is 75.8 Å². The third-order valence-electron chi connectivity index (χ3n) is 2.34. The van der Waals surface area contributed by atoms with Gasteiger partial charge in [0, 0.05) is 6.61 Å². The summed E-state index contributed by atoms with van der Waals surface area (Å²) in [6, 6.07) is 2.13. The van der Waals surface area contributed by atoms with E-state index in [1.54, 1.807) is 0 Å². The molecular weight excluding hydrogens is 168 g/mol. The quantitative estimate of drug-likeness (QED) is 0.487. The second kappa shape index (κ2) is 4.79. The molecule has 0 N–H and O–H groups in total. The van der Waals surface area contributed by atoms with Crippen LogP contribution in [0.4, 0.5) is 0 Å². The van der Waals surface area contributed by atoms with Gasteiger partial charge in [-0.15, -0.1) is 0 Å². The molecule has 12 heavy (non-hydrogen) atoms. The summed E-state index contributed by atoms with van der Waals surface area (Å²) in [6.07, 6.45) is 5.28. The summed E-state index contributed by atoms with van der Waals surface area (Å²) in [5.74, 6) is 0. The molecule has 2 nitrogen and oxygen atoms in total. The zero-order valence-corrected chi connectivity index (χ0v) is 9.01. The van der Waals surface area contributed by atoms with Crippen LogP contribution in [0.2, 0.25) is 12.1 Å². The first-order chi connectivity index (χ1) is 5.83. The van der Waals surface area contributed by atoms with Gasteiger partial charge >= 0.3 is 8.56 Å². The molecule has 70 valence electrons. The van der Waals surface area contributed by atoms with Crippen LogP contribution in [0.25, 0.3) is 0 Å². The molecule has 0 radical (unpaired) electrons. The highest BCUT2D eigenvalue weighted by molar-refractivity contribution is 6.67. The lowest BCUT2D eigenvalue weighted by Gasteiger charge is -2.29. The van der Waals surface area contributed by atoms with Crippen LogP contribution in [-0.4, -0.2) is 21.8 Å². The third-order valence-corrected chi connectivity index (χ3v) is 5.91. The van der Waals surface area contributed by atoms with E-state index in [1.807, 2.05) is 0 Å². The van der Waals surface area contributed by atoms with E-state index in [0.717, 1.165) is 31.7 Å². The monoisotopic (exact) mass is 186 g/mol. The van der Waals surface area contributed by atoms with E-state index >= 15 is 0 Å². The Hall–Kier alpha value is -0.123. The molecule has 0 aromatic heterocycles. The van der Waals surface area contributed by atoms with Gasteiger partial charge in [0.1, 0.15) is 0 Å². The van der Waals surface area contributed by atoms with Crippen molar-refractivity contribution in [3.63, 3.8) is 0 Å². The fourth-order valence-corrected chi connectivity index (χ4v) is 3.69. The summed E-state index contributed by atoms with van der Waals surface area (Å²) in [7, 11) is -1.76. The Kier molecular flexibility index (Phi) is 3.98. The zero-order chi connectivity index (χ0) is 8.86. The second-order valence-electron chi connectivity index (χ2n) is 3.04. The lowest BCUT2D eigenvalue weighted by Crippen LogP contribution is -2.41. The van der Waals surface area contributed by atoms with Crippen LogP contribution in [0.5, 0.6) is 0 Å². The number of hydrogen-bond donors (Lipinski definition) is 0. The minimum Gasteiger partial charge on any atom is -0.394 e. The molecule has 0 saturated carbocycles. The van der Waals surface area contributed by atoms with E-state index in [1.165, 1.54) is 0 Å². The Bertz CT molecular complexity index is 153. The van der Waals surface area contributed by atoms with E-state index < -0.39 is 8.56 Å². The third kappa shape index (κ3) is 2.44. The topological polar surface area (TPSA) is 18.5 Å². The summed E-state index contributed by atoms with van der Waals surface area (Å²) in [5, 5.41) is 0. The van der Waals surface area contributed by atoms with Crippen molar-refractivity contribution in [1.82, 2.24) is 0 Å². The Balaban J connectivity index is 2.55. The van der Waals surface area contributed by atoms with Gasteiger partial charge in [0.25, 0.3) is 0 Å². The van der Waals surface area contributed by atoms with Gasteiger partial charge in [0.05, 0.1) is 6.61 Å². The van der Waals surface area contributed by atoms with Crippen molar-refractivity contribution >= 4 is 8.56 Å². The molecule has 0 amide bonds. The minimum atomic E-state index is -1.76. The Morgan fingerprint density at radius 2 is 1.92 bits per heavy atom. The molecule has 0 atom stereocenters. The molecule has 0 aliphatic carbocycles. The van der Waals surface area contributed by atoms with Crippen LogP contribution in [-0.2, 0) is 8.85 Å². The molecular formula is C9H18O2Si. The molecule has 1 heterocycles. The highest BCUT2D eigenvalue weighted by Crippen LogP contribution is 2.19. The van der Waals surface area contributed by atoms with E-state index in [4.69, 9.17) is 8.85 Å². The minimum absolute atomic E-state index is 0.744. The summed E-state index contributed by atoms with van der Waals surface area (Å²) < 4.78 is 11.6. The lowest BCUT2D eigenvalue weighted by atomic mass is 10.4. The molecule has 0 fully saturated rings. The molecule has 1 aliphatic rings.